The molecule has 1 N–H and O–H groups in total. The molecule has 0 bridgehead atoms. The molecule has 4 aromatic rings. The Balaban J connectivity index is 0.00000231. The van der Waals surface area contributed by atoms with Gasteiger partial charge in [0.15, 0.2) is 5.65 Å². The Bertz CT molecular complexity index is 1230. The van der Waals surface area contributed by atoms with Crippen LogP contribution >= 0.6 is 13.5 Å². The highest BCUT2D eigenvalue weighted by Crippen LogP contribution is 2.34. The van der Waals surface area contributed by atoms with Gasteiger partial charge in [0.05, 0.1) is 18.0 Å². The third kappa shape index (κ3) is 4.29. The molecule has 0 spiro atoms. The molecule has 5 heterocycles. The highest BCUT2D eigenvalue weighted by molar-refractivity contribution is 7.59. The van der Waals surface area contributed by atoms with Crippen LogP contribution in [0.15, 0.2) is 49.1 Å². The average molecular weight is 433 g/mol. The molecule has 0 aliphatic carbocycles. The second kappa shape index (κ2) is 8.85. The fourth-order valence-corrected chi connectivity index (χ4v) is 3.79. The van der Waals surface area contributed by atoms with Crippen LogP contribution in [0.4, 0.5) is 5.82 Å². The second-order valence-corrected chi connectivity index (χ2v) is 7.57. The van der Waals surface area contributed by atoms with Gasteiger partial charge in [-0.15, -0.1) is 0 Å². The lowest BCUT2D eigenvalue weighted by Gasteiger charge is -2.17. The van der Waals surface area contributed by atoms with Crippen LogP contribution in [-0.2, 0) is 6.42 Å². The van der Waals surface area contributed by atoms with Crippen LogP contribution in [0.2, 0.25) is 0 Å². The van der Waals surface area contributed by atoms with Gasteiger partial charge in [-0.05, 0) is 31.2 Å². The van der Waals surface area contributed by atoms with Crippen LogP contribution in [0.5, 0.6) is 5.75 Å². The summed E-state index contributed by atoms with van der Waals surface area (Å²) in [4.78, 5) is 22.1. The number of aromatic nitrogens is 5. The molecule has 0 fully saturated rings. The fraction of sp³-hybridized carbons (Fsp3) is 0.261. The van der Waals surface area contributed by atoms with Gasteiger partial charge in [-0.1, -0.05) is 6.92 Å². The zero-order valence-corrected chi connectivity index (χ0v) is 18.5. The number of fused-ring (bicyclic) bond motifs is 2. The highest BCUT2D eigenvalue weighted by atomic mass is 32.1. The summed E-state index contributed by atoms with van der Waals surface area (Å²) in [5, 5.41) is 4.43. The van der Waals surface area contributed by atoms with Gasteiger partial charge >= 0.3 is 0 Å². The minimum absolute atomic E-state index is 0. The molecular formula is C23H24N6OS. The minimum Gasteiger partial charge on any atom is -0.491 e. The van der Waals surface area contributed by atoms with Crippen molar-refractivity contribution >= 4 is 30.3 Å². The molecule has 0 aromatic carbocycles. The fourth-order valence-electron chi connectivity index (χ4n) is 3.79. The minimum atomic E-state index is 0. The van der Waals surface area contributed by atoms with E-state index in [0.717, 1.165) is 58.2 Å². The van der Waals surface area contributed by atoms with Gasteiger partial charge in [0, 0.05) is 59.6 Å². The Morgan fingerprint density at radius 2 is 2.03 bits per heavy atom. The van der Waals surface area contributed by atoms with Gasteiger partial charge < -0.3 is 10.1 Å². The molecule has 0 unspecified atom stereocenters. The van der Waals surface area contributed by atoms with E-state index in [1.165, 1.54) is 5.56 Å². The summed E-state index contributed by atoms with van der Waals surface area (Å²) in [7, 11) is 0. The van der Waals surface area contributed by atoms with Crippen molar-refractivity contribution in [3.63, 3.8) is 0 Å². The summed E-state index contributed by atoms with van der Waals surface area (Å²) >= 11 is 0. The second-order valence-electron chi connectivity index (χ2n) is 7.57. The number of ether oxygens (including phenoxy) is 1. The van der Waals surface area contributed by atoms with E-state index in [4.69, 9.17) is 4.74 Å². The summed E-state index contributed by atoms with van der Waals surface area (Å²) in [5.41, 5.74) is 5.78. The number of hydrogen-bond acceptors (Lipinski definition) is 7. The molecule has 1 aliphatic heterocycles. The maximum absolute atomic E-state index is 5.84. The van der Waals surface area contributed by atoms with Crippen molar-refractivity contribution in [2.24, 2.45) is 0 Å². The number of rotatable bonds is 5. The molecule has 7 nitrogen and oxygen atoms in total. The predicted molar refractivity (Wildman–Crippen MR) is 126 cm³/mol. The van der Waals surface area contributed by atoms with Crippen molar-refractivity contribution in [3.05, 3.63) is 66.0 Å². The summed E-state index contributed by atoms with van der Waals surface area (Å²) in [5.74, 6) is 1.99. The Morgan fingerprint density at radius 3 is 2.94 bits per heavy atom. The third-order valence-electron chi connectivity index (χ3n) is 5.32. The SMILES string of the molecule is Cc1cc([C@H](C)CNc2cc(-c3cnc4ncccc4c3)ncn2)c2c(n1)CCO2.S. The normalized spacial score (nSPS) is 13.2. The molecule has 1 atom stereocenters. The Kier molecular flexibility index (Phi) is 5.99. The lowest BCUT2D eigenvalue weighted by Crippen LogP contribution is -2.12. The van der Waals surface area contributed by atoms with E-state index in [1.807, 2.05) is 31.2 Å². The quantitative estimate of drug-likeness (QED) is 0.509. The van der Waals surface area contributed by atoms with Crippen molar-refractivity contribution in [2.75, 3.05) is 18.5 Å². The predicted octanol–water partition coefficient (Wildman–Crippen LogP) is 4.05. The smallest absolute Gasteiger partial charge is 0.159 e. The van der Waals surface area contributed by atoms with E-state index in [9.17, 15) is 0 Å². The van der Waals surface area contributed by atoms with E-state index < -0.39 is 0 Å². The maximum atomic E-state index is 5.84. The number of pyridine rings is 3. The lowest BCUT2D eigenvalue weighted by atomic mass is 9.99. The average Bonchev–Trinajstić information content (AvgIpc) is 3.25. The van der Waals surface area contributed by atoms with Gasteiger partial charge in [0.1, 0.15) is 17.9 Å². The van der Waals surface area contributed by atoms with E-state index in [1.54, 1.807) is 18.7 Å². The molecular weight excluding hydrogens is 408 g/mol. The van der Waals surface area contributed by atoms with Gasteiger partial charge in [-0.3, -0.25) is 4.98 Å². The van der Waals surface area contributed by atoms with Gasteiger partial charge in [-0.25, -0.2) is 19.9 Å². The van der Waals surface area contributed by atoms with Crippen LogP contribution in [-0.4, -0.2) is 38.1 Å². The van der Waals surface area contributed by atoms with Crippen LogP contribution < -0.4 is 10.1 Å². The Hall–Kier alpha value is -3.26. The third-order valence-corrected chi connectivity index (χ3v) is 5.32. The van der Waals surface area contributed by atoms with Gasteiger partial charge in [0.2, 0.25) is 0 Å². The van der Waals surface area contributed by atoms with E-state index >= 15 is 0 Å². The van der Waals surface area contributed by atoms with Crippen molar-refractivity contribution in [1.29, 1.82) is 0 Å². The zero-order chi connectivity index (χ0) is 20.5. The number of hydrogen-bond donors (Lipinski definition) is 1. The molecule has 0 radical (unpaired) electrons. The number of anilines is 1. The first-order valence-electron chi connectivity index (χ1n) is 10.1. The lowest BCUT2D eigenvalue weighted by molar-refractivity contribution is 0.352. The highest BCUT2D eigenvalue weighted by Gasteiger charge is 2.22. The summed E-state index contributed by atoms with van der Waals surface area (Å²) in [6, 6.07) is 10.0. The molecule has 0 saturated carbocycles. The maximum Gasteiger partial charge on any atom is 0.159 e. The first kappa shape index (κ1) is 21.0. The first-order valence-corrected chi connectivity index (χ1v) is 10.1. The molecule has 5 rings (SSSR count). The Labute approximate surface area is 187 Å². The molecule has 8 heteroatoms. The topological polar surface area (TPSA) is 85.7 Å². The van der Waals surface area contributed by atoms with Crippen LogP contribution in [0, 0.1) is 6.92 Å². The summed E-state index contributed by atoms with van der Waals surface area (Å²) in [6.07, 6.45) is 6.00. The largest absolute Gasteiger partial charge is 0.491 e. The Morgan fingerprint density at radius 1 is 1.13 bits per heavy atom. The van der Waals surface area contributed by atoms with Crippen LogP contribution in [0.25, 0.3) is 22.3 Å². The zero-order valence-electron chi connectivity index (χ0n) is 17.5. The summed E-state index contributed by atoms with van der Waals surface area (Å²) < 4.78 is 5.84. The van der Waals surface area contributed by atoms with E-state index in [2.05, 4.69) is 43.2 Å². The van der Waals surface area contributed by atoms with Gasteiger partial charge in [-0.2, -0.15) is 13.5 Å². The molecule has 0 saturated heterocycles. The van der Waals surface area contributed by atoms with Gasteiger partial charge in [0.25, 0.3) is 0 Å². The summed E-state index contributed by atoms with van der Waals surface area (Å²) in [6.45, 7) is 5.66. The number of aryl methyl sites for hydroxylation is 1. The number of nitrogens with one attached hydrogen (secondary N) is 1. The standard InChI is InChI=1S/C23H22N6O.H2S/c1-14(18-8-15(2)29-19-5-7-30-22(18)19)11-25-21-10-20(27-13-28-21)17-9-16-4-3-6-24-23(16)26-12-17;/h3-4,6,8-10,12-14H,5,7,11H2,1-2H3,(H,25,27,28);1H2/t14-;/m1./s1. The first-order chi connectivity index (χ1) is 14.7. The van der Waals surface area contributed by atoms with Crippen LogP contribution in [0.3, 0.4) is 0 Å². The number of nitrogens with zero attached hydrogens (tertiary/aromatic N) is 5. The van der Waals surface area contributed by atoms with Crippen molar-refractivity contribution in [2.45, 2.75) is 26.2 Å². The molecule has 0 amide bonds. The molecule has 158 valence electrons. The van der Waals surface area contributed by atoms with Crippen molar-refractivity contribution in [3.8, 4) is 17.0 Å². The molecule has 31 heavy (non-hydrogen) atoms. The van der Waals surface area contributed by atoms with Crippen LogP contribution in [0.1, 0.15) is 29.8 Å². The van der Waals surface area contributed by atoms with E-state index in [-0.39, 0.29) is 19.4 Å². The van der Waals surface area contributed by atoms with Crippen molar-refractivity contribution in [1.82, 2.24) is 24.9 Å². The van der Waals surface area contributed by atoms with E-state index in [0.29, 0.717) is 6.61 Å². The van der Waals surface area contributed by atoms with Crippen molar-refractivity contribution < 1.29 is 4.74 Å². The monoisotopic (exact) mass is 432 g/mol. The molecule has 1 aliphatic rings. The molecule has 4 aromatic heterocycles.